The highest BCUT2D eigenvalue weighted by atomic mass is 16.4. The maximum atomic E-state index is 11.4. The Morgan fingerprint density at radius 1 is 1.10 bits per heavy atom. The van der Waals surface area contributed by atoms with Crippen molar-refractivity contribution in [1.82, 2.24) is 14.8 Å². The van der Waals surface area contributed by atoms with Crippen LogP contribution >= 0.6 is 0 Å². The van der Waals surface area contributed by atoms with E-state index in [1.54, 1.807) is 48.8 Å². The summed E-state index contributed by atoms with van der Waals surface area (Å²) in [5.74, 6) is -1.03. The molecule has 2 radical (unpaired) electrons. The van der Waals surface area contributed by atoms with Crippen molar-refractivity contribution in [1.29, 1.82) is 0 Å². The van der Waals surface area contributed by atoms with Crippen molar-refractivity contribution >= 4 is 19.3 Å². The largest absolute Gasteiger partial charge is 0.478 e. The molecule has 2 heterocycles. The summed E-state index contributed by atoms with van der Waals surface area (Å²) in [7, 11) is 5.65. The van der Waals surface area contributed by atoms with Crippen LogP contribution in [0.5, 0.6) is 0 Å². The highest BCUT2D eigenvalue weighted by molar-refractivity contribution is 6.32. The smallest absolute Gasteiger partial charge is 0.339 e. The molecule has 3 aromatic rings. The Balaban J connectivity index is 2.14. The van der Waals surface area contributed by atoms with Crippen LogP contribution in [-0.2, 0) is 0 Å². The van der Waals surface area contributed by atoms with Gasteiger partial charge >= 0.3 is 5.97 Å². The molecule has 0 saturated heterocycles. The summed E-state index contributed by atoms with van der Waals surface area (Å²) in [4.78, 5) is 15.3. The third-order valence-electron chi connectivity index (χ3n) is 3.06. The summed E-state index contributed by atoms with van der Waals surface area (Å²) in [6, 6.07) is 10.4. The summed E-state index contributed by atoms with van der Waals surface area (Å²) >= 11 is 0. The Kier molecular flexibility index (Phi) is 3.27. The van der Waals surface area contributed by atoms with Crippen LogP contribution in [0, 0.1) is 0 Å². The molecule has 1 N–H and O–H groups in total. The summed E-state index contributed by atoms with van der Waals surface area (Å²) in [6.07, 6.45) is 4.74. The molecule has 0 atom stereocenters. The second-order valence-electron chi connectivity index (χ2n) is 4.47. The van der Waals surface area contributed by atoms with E-state index in [-0.39, 0.29) is 5.56 Å². The van der Waals surface area contributed by atoms with E-state index in [0.717, 1.165) is 5.69 Å². The molecule has 0 aliphatic carbocycles. The first-order valence-corrected chi connectivity index (χ1v) is 6.24. The maximum Gasteiger partial charge on any atom is 0.339 e. The van der Waals surface area contributed by atoms with Crippen LogP contribution < -0.4 is 5.46 Å². The number of hydrogen-bond donors (Lipinski definition) is 1. The highest BCUT2D eigenvalue weighted by Gasteiger charge is 2.17. The lowest BCUT2D eigenvalue weighted by Gasteiger charge is -2.01. The first-order chi connectivity index (χ1) is 10.1. The molecule has 0 aliphatic rings. The molecule has 2 aromatic heterocycles. The van der Waals surface area contributed by atoms with Crippen molar-refractivity contribution in [3.63, 3.8) is 0 Å². The van der Waals surface area contributed by atoms with E-state index in [1.165, 1.54) is 10.9 Å². The lowest BCUT2D eigenvalue weighted by Crippen LogP contribution is -2.01. The van der Waals surface area contributed by atoms with Crippen molar-refractivity contribution in [2.45, 2.75) is 0 Å². The fourth-order valence-corrected chi connectivity index (χ4v) is 2.01. The first-order valence-electron chi connectivity index (χ1n) is 6.24. The van der Waals surface area contributed by atoms with E-state index in [4.69, 9.17) is 7.85 Å². The minimum absolute atomic E-state index is 0.136. The minimum Gasteiger partial charge on any atom is -0.478 e. The van der Waals surface area contributed by atoms with Crippen LogP contribution in [0.2, 0.25) is 0 Å². The summed E-state index contributed by atoms with van der Waals surface area (Å²) in [5.41, 5.74) is 2.60. The fourth-order valence-electron chi connectivity index (χ4n) is 2.01. The van der Waals surface area contributed by atoms with Crippen LogP contribution in [0.25, 0.3) is 16.9 Å². The zero-order chi connectivity index (χ0) is 14.8. The van der Waals surface area contributed by atoms with Gasteiger partial charge in [-0.15, -0.1) is 0 Å². The molecule has 3 rings (SSSR count). The number of carbonyl (C=O) groups is 1. The number of benzene rings is 1. The van der Waals surface area contributed by atoms with Crippen LogP contribution in [0.15, 0.2) is 55.0 Å². The van der Waals surface area contributed by atoms with Gasteiger partial charge in [-0.1, -0.05) is 29.7 Å². The van der Waals surface area contributed by atoms with Crippen molar-refractivity contribution in [2.24, 2.45) is 0 Å². The van der Waals surface area contributed by atoms with Gasteiger partial charge < -0.3 is 5.11 Å². The molecule has 0 amide bonds. The average Bonchev–Trinajstić information content (AvgIpc) is 2.94. The van der Waals surface area contributed by atoms with Crippen LogP contribution in [0.1, 0.15) is 10.4 Å². The number of hydrogen-bond acceptors (Lipinski definition) is 3. The lowest BCUT2D eigenvalue weighted by molar-refractivity contribution is 0.0697. The van der Waals surface area contributed by atoms with Gasteiger partial charge in [0.2, 0.25) is 0 Å². The van der Waals surface area contributed by atoms with Gasteiger partial charge in [0, 0.05) is 24.2 Å². The predicted octanol–water partition coefficient (Wildman–Crippen LogP) is 1.43. The number of nitrogens with zero attached hydrogens (tertiary/aromatic N) is 3. The standard InChI is InChI=1S/C15H10BN3O2/c16-11-3-1-10(2-4-11)14-13(15(20)21)9-19(18-14)12-5-7-17-8-6-12/h1-9H,(H,20,21). The summed E-state index contributed by atoms with van der Waals surface area (Å²) in [6.45, 7) is 0. The second kappa shape index (κ2) is 5.24. The SMILES string of the molecule is [B]c1ccc(-c2nn(-c3ccncc3)cc2C(=O)O)cc1. The average molecular weight is 275 g/mol. The fraction of sp³-hybridized carbons (Fsp3) is 0. The van der Waals surface area contributed by atoms with Crippen molar-refractivity contribution in [3.05, 3.63) is 60.6 Å². The maximum absolute atomic E-state index is 11.4. The first kappa shape index (κ1) is 13.1. The lowest BCUT2D eigenvalue weighted by atomic mass is 9.94. The summed E-state index contributed by atoms with van der Waals surface area (Å²) < 4.78 is 1.52. The molecule has 1 aromatic carbocycles. The molecular formula is C15H10BN3O2. The van der Waals surface area contributed by atoms with Gasteiger partial charge in [-0.05, 0) is 12.1 Å². The highest BCUT2D eigenvalue weighted by Crippen LogP contribution is 2.23. The molecule has 0 aliphatic heterocycles. The van der Waals surface area contributed by atoms with Crippen LogP contribution in [-0.4, -0.2) is 33.7 Å². The van der Waals surface area contributed by atoms with Gasteiger partial charge in [0.05, 0.1) is 5.69 Å². The Labute approximate surface area is 122 Å². The number of aromatic nitrogens is 3. The van der Waals surface area contributed by atoms with E-state index in [1.807, 2.05) is 0 Å². The predicted molar refractivity (Wildman–Crippen MR) is 79.1 cm³/mol. The number of aromatic carboxylic acids is 1. The third-order valence-corrected chi connectivity index (χ3v) is 3.06. The van der Waals surface area contributed by atoms with Crippen LogP contribution in [0.3, 0.4) is 0 Å². The van der Waals surface area contributed by atoms with Crippen molar-refractivity contribution in [3.8, 4) is 16.9 Å². The zero-order valence-electron chi connectivity index (χ0n) is 11.0. The van der Waals surface area contributed by atoms with Gasteiger partial charge in [0.1, 0.15) is 19.1 Å². The number of carboxylic acid groups (broad SMARTS) is 1. The van der Waals surface area contributed by atoms with Crippen molar-refractivity contribution < 1.29 is 9.90 Å². The summed E-state index contributed by atoms with van der Waals surface area (Å²) in [5, 5.41) is 13.7. The van der Waals surface area contributed by atoms with Crippen LogP contribution in [0.4, 0.5) is 0 Å². The molecule has 0 bridgehead atoms. The Bertz CT molecular complexity index is 782. The minimum atomic E-state index is -1.03. The van der Waals surface area contributed by atoms with E-state index in [9.17, 15) is 9.90 Å². The monoisotopic (exact) mass is 275 g/mol. The molecule has 21 heavy (non-hydrogen) atoms. The van der Waals surface area contributed by atoms with E-state index >= 15 is 0 Å². The number of carboxylic acids is 1. The molecule has 0 saturated carbocycles. The normalized spacial score (nSPS) is 10.5. The zero-order valence-corrected chi connectivity index (χ0v) is 11.0. The molecular weight excluding hydrogens is 265 g/mol. The van der Waals surface area contributed by atoms with Gasteiger partial charge in [-0.2, -0.15) is 5.10 Å². The van der Waals surface area contributed by atoms with E-state index < -0.39 is 5.97 Å². The Morgan fingerprint density at radius 3 is 2.38 bits per heavy atom. The van der Waals surface area contributed by atoms with Gasteiger partial charge in [-0.25, -0.2) is 9.48 Å². The Morgan fingerprint density at radius 2 is 1.76 bits per heavy atom. The molecule has 6 heteroatoms. The van der Waals surface area contributed by atoms with E-state index in [0.29, 0.717) is 16.7 Å². The molecule has 5 nitrogen and oxygen atoms in total. The molecule has 0 fully saturated rings. The third kappa shape index (κ3) is 2.56. The van der Waals surface area contributed by atoms with Gasteiger partial charge in [-0.3, -0.25) is 4.98 Å². The number of pyridine rings is 1. The molecule has 0 unspecified atom stereocenters. The van der Waals surface area contributed by atoms with Crippen molar-refractivity contribution in [2.75, 3.05) is 0 Å². The number of rotatable bonds is 3. The molecule has 0 spiro atoms. The Hall–Kier alpha value is -2.89. The topological polar surface area (TPSA) is 68.0 Å². The second-order valence-corrected chi connectivity index (χ2v) is 4.47. The quantitative estimate of drug-likeness (QED) is 0.734. The van der Waals surface area contributed by atoms with Gasteiger partial charge in [0.15, 0.2) is 0 Å². The van der Waals surface area contributed by atoms with E-state index in [2.05, 4.69) is 10.1 Å². The molecule has 100 valence electrons. The van der Waals surface area contributed by atoms with Gasteiger partial charge in [0.25, 0.3) is 0 Å².